The molecule has 0 unspecified atom stereocenters. The molecule has 3 rings (SSSR count). The van der Waals surface area contributed by atoms with Crippen molar-refractivity contribution >= 4 is 15.7 Å². The Kier molecular flexibility index (Phi) is 6.19. The summed E-state index contributed by atoms with van der Waals surface area (Å²) in [5.74, 6) is 1.39. The van der Waals surface area contributed by atoms with Crippen LogP contribution in [0.1, 0.15) is 18.4 Å². The number of sulfonamides is 1. The van der Waals surface area contributed by atoms with Crippen LogP contribution in [0.5, 0.6) is 5.75 Å². The molecule has 1 N–H and O–H groups in total. The number of benzene rings is 2. The number of hydrogen-bond acceptors (Lipinski definition) is 7. The van der Waals surface area contributed by atoms with Gasteiger partial charge >= 0.3 is 0 Å². The first-order chi connectivity index (χ1) is 13.8. The zero-order valence-corrected chi connectivity index (χ0v) is 17.7. The van der Waals surface area contributed by atoms with Gasteiger partial charge in [0.25, 0.3) is 0 Å². The van der Waals surface area contributed by atoms with E-state index in [0.29, 0.717) is 23.2 Å². The van der Waals surface area contributed by atoms with Gasteiger partial charge in [-0.05, 0) is 30.2 Å². The summed E-state index contributed by atoms with van der Waals surface area (Å²) in [5.41, 5.74) is 2.62. The molecular weight excluding hydrogens is 392 g/mol. The van der Waals surface area contributed by atoms with E-state index in [1.807, 2.05) is 24.3 Å². The highest BCUT2D eigenvalue weighted by Gasteiger charge is 2.19. The topological polar surface area (TPSA) is 97.6 Å². The summed E-state index contributed by atoms with van der Waals surface area (Å²) in [4.78, 5) is 4.56. The highest BCUT2D eigenvalue weighted by Crippen LogP contribution is 2.29. The summed E-state index contributed by atoms with van der Waals surface area (Å²) in [6, 6.07) is 12.6. The molecule has 9 heteroatoms. The predicted molar refractivity (Wildman–Crippen MR) is 110 cm³/mol. The van der Waals surface area contributed by atoms with Crippen molar-refractivity contribution < 1.29 is 17.7 Å². The van der Waals surface area contributed by atoms with Crippen LogP contribution in [0, 0.1) is 0 Å². The fourth-order valence-electron chi connectivity index (χ4n) is 2.70. The Morgan fingerprint density at radius 1 is 1.14 bits per heavy atom. The quantitative estimate of drug-likeness (QED) is 0.602. The van der Waals surface area contributed by atoms with Crippen molar-refractivity contribution in [2.24, 2.45) is 0 Å². The minimum atomic E-state index is -3.56. The lowest BCUT2D eigenvalue weighted by Crippen LogP contribution is -2.22. The molecule has 1 heterocycles. The molecule has 0 spiro atoms. The largest absolute Gasteiger partial charge is 0.495 e. The molecule has 0 aliphatic heterocycles. The van der Waals surface area contributed by atoms with Crippen LogP contribution in [0.25, 0.3) is 11.4 Å². The summed E-state index contributed by atoms with van der Waals surface area (Å²) in [5, 5.41) is 7.13. The Morgan fingerprint density at radius 3 is 2.48 bits per heavy atom. The first kappa shape index (κ1) is 20.8. The van der Waals surface area contributed by atoms with E-state index in [1.54, 1.807) is 6.07 Å². The predicted octanol–water partition coefficient (Wildman–Crippen LogP) is 3.17. The van der Waals surface area contributed by atoms with Crippen molar-refractivity contribution in [3.8, 4) is 17.1 Å². The lowest BCUT2D eigenvalue weighted by molar-refractivity contribution is 0.383. The molecule has 0 radical (unpaired) electrons. The second-order valence-electron chi connectivity index (χ2n) is 6.57. The Labute approximate surface area is 170 Å². The lowest BCUT2D eigenvalue weighted by Gasteiger charge is -2.15. The van der Waals surface area contributed by atoms with E-state index in [1.165, 1.54) is 38.9 Å². The van der Waals surface area contributed by atoms with E-state index < -0.39 is 10.0 Å². The molecule has 0 bridgehead atoms. The maximum atomic E-state index is 12.4. The van der Waals surface area contributed by atoms with E-state index >= 15 is 0 Å². The van der Waals surface area contributed by atoms with Gasteiger partial charge in [-0.2, -0.15) is 4.98 Å². The number of hydrogen-bond donors (Lipinski definition) is 1. The second-order valence-corrected chi connectivity index (χ2v) is 8.72. The third kappa shape index (κ3) is 4.57. The van der Waals surface area contributed by atoms with Crippen LogP contribution in [0.15, 0.2) is 51.9 Å². The number of methoxy groups -OCH3 is 1. The number of ether oxygens (including phenoxy) is 1. The van der Waals surface area contributed by atoms with Crippen LogP contribution < -0.4 is 10.1 Å². The van der Waals surface area contributed by atoms with Crippen molar-refractivity contribution in [1.29, 1.82) is 0 Å². The highest BCUT2D eigenvalue weighted by atomic mass is 32.2. The Balaban J connectivity index is 1.78. The summed E-state index contributed by atoms with van der Waals surface area (Å²) in [6.45, 7) is 2.32. The minimum absolute atomic E-state index is 0.160. The van der Waals surface area contributed by atoms with Gasteiger partial charge in [0, 0.05) is 19.7 Å². The molecule has 29 heavy (non-hydrogen) atoms. The molecule has 0 saturated heterocycles. The Hall–Kier alpha value is -2.91. The first-order valence-corrected chi connectivity index (χ1v) is 10.6. The SMILES string of the molecule is CCc1ccc(-c2noc(CNc3cc(S(=O)(=O)N(C)C)ccc3OC)n2)cc1. The fraction of sp³-hybridized carbons (Fsp3) is 0.300. The molecular formula is C20H24N4O4S. The second kappa shape index (κ2) is 8.62. The molecule has 0 amide bonds. The molecule has 2 aromatic carbocycles. The van der Waals surface area contributed by atoms with Gasteiger partial charge in [0.1, 0.15) is 5.75 Å². The van der Waals surface area contributed by atoms with E-state index in [9.17, 15) is 8.42 Å². The summed E-state index contributed by atoms with van der Waals surface area (Å²) in [7, 11) is 0.932. The third-order valence-corrected chi connectivity index (χ3v) is 6.28. The van der Waals surface area contributed by atoms with Gasteiger partial charge in [0.05, 0.1) is 24.2 Å². The van der Waals surface area contributed by atoms with Gasteiger partial charge in [-0.3, -0.25) is 0 Å². The lowest BCUT2D eigenvalue weighted by atomic mass is 10.1. The van der Waals surface area contributed by atoms with Crippen molar-refractivity contribution in [3.05, 3.63) is 53.9 Å². The number of nitrogens with one attached hydrogen (secondary N) is 1. The summed E-state index contributed by atoms with van der Waals surface area (Å²) < 4.78 is 36.6. The van der Waals surface area contributed by atoms with Crippen LogP contribution in [-0.4, -0.2) is 44.1 Å². The standard InChI is InChI=1S/C20H24N4O4S/c1-5-14-6-8-15(9-7-14)20-22-19(28-23-20)13-21-17-12-16(10-11-18(17)27-4)29(25,26)24(2)3/h6-12,21H,5,13H2,1-4H3. The summed E-state index contributed by atoms with van der Waals surface area (Å²) >= 11 is 0. The van der Waals surface area contributed by atoms with Gasteiger partial charge in [0.2, 0.25) is 21.7 Å². The molecule has 0 saturated carbocycles. The Morgan fingerprint density at radius 2 is 1.86 bits per heavy atom. The number of anilines is 1. The zero-order valence-electron chi connectivity index (χ0n) is 16.8. The van der Waals surface area contributed by atoms with E-state index in [4.69, 9.17) is 9.26 Å². The number of aryl methyl sites for hydroxylation is 1. The van der Waals surface area contributed by atoms with Gasteiger partial charge in [-0.15, -0.1) is 0 Å². The fourth-order valence-corrected chi connectivity index (χ4v) is 3.63. The average Bonchev–Trinajstić information content (AvgIpc) is 3.21. The average molecular weight is 417 g/mol. The molecule has 3 aromatic rings. The Bertz CT molecular complexity index is 1080. The van der Waals surface area contributed by atoms with Gasteiger partial charge in [-0.1, -0.05) is 36.3 Å². The van der Waals surface area contributed by atoms with E-state index in [0.717, 1.165) is 16.3 Å². The van der Waals surface area contributed by atoms with Crippen molar-refractivity contribution in [2.45, 2.75) is 24.8 Å². The first-order valence-electron chi connectivity index (χ1n) is 9.11. The molecule has 0 aliphatic rings. The molecule has 0 aliphatic carbocycles. The molecule has 0 atom stereocenters. The number of nitrogens with zero attached hydrogens (tertiary/aromatic N) is 3. The minimum Gasteiger partial charge on any atom is -0.495 e. The van der Waals surface area contributed by atoms with E-state index in [2.05, 4.69) is 22.4 Å². The van der Waals surface area contributed by atoms with Crippen molar-refractivity contribution in [3.63, 3.8) is 0 Å². The molecule has 8 nitrogen and oxygen atoms in total. The summed E-state index contributed by atoms with van der Waals surface area (Å²) in [6.07, 6.45) is 0.964. The van der Waals surface area contributed by atoms with Crippen molar-refractivity contribution in [1.82, 2.24) is 14.4 Å². The van der Waals surface area contributed by atoms with Crippen LogP contribution in [0.3, 0.4) is 0 Å². The van der Waals surface area contributed by atoms with Crippen LogP contribution in [0.4, 0.5) is 5.69 Å². The van der Waals surface area contributed by atoms with Gasteiger partial charge in [-0.25, -0.2) is 12.7 Å². The maximum absolute atomic E-state index is 12.4. The molecule has 1 aromatic heterocycles. The number of aromatic nitrogens is 2. The van der Waals surface area contributed by atoms with E-state index in [-0.39, 0.29) is 11.4 Å². The van der Waals surface area contributed by atoms with Crippen LogP contribution in [-0.2, 0) is 23.0 Å². The highest BCUT2D eigenvalue weighted by molar-refractivity contribution is 7.89. The monoisotopic (exact) mass is 416 g/mol. The third-order valence-electron chi connectivity index (χ3n) is 4.47. The maximum Gasteiger partial charge on any atom is 0.246 e. The smallest absolute Gasteiger partial charge is 0.246 e. The van der Waals surface area contributed by atoms with Crippen LogP contribution in [0.2, 0.25) is 0 Å². The van der Waals surface area contributed by atoms with Crippen molar-refractivity contribution in [2.75, 3.05) is 26.5 Å². The normalized spacial score (nSPS) is 11.6. The molecule has 154 valence electrons. The number of rotatable bonds is 8. The zero-order chi connectivity index (χ0) is 21.0. The van der Waals surface area contributed by atoms with Crippen LogP contribution >= 0.6 is 0 Å². The molecule has 0 fully saturated rings. The van der Waals surface area contributed by atoms with Gasteiger partial charge < -0.3 is 14.6 Å². The van der Waals surface area contributed by atoms with Gasteiger partial charge in [0.15, 0.2) is 0 Å².